The normalized spacial score (nSPS) is 12.7. The van der Waals surface area contributed by atoms with Gasteiger partial charge in [-0.2, -0.15) is 5.10 Å². The molecule has 4 heteroatoms. The Labute approximate surface area is 111 Å². The van der Waals surface area contributed by atoms with Crippen molar-refractivity contribution in [1.82, 2.24) is 14.8 Å². The van der Waals surface area contributed by atoms with Crippen molar-refractivity contribution in [2.75, 3.05) is 0 Å². The van der Waals surface area contributed by atoms with Crippen LogP contribution in [0.4, 0.5) is 0 Å². The number of para-hydroxylation sites is 1. The van der Waals surface area contributed by atoms with E-state index in [0.717, 1.165) is 28.6 Å². The van der Waals surface area contributed by atoms with Gasteiger partial charge in [0, 0.05) is 35.5 Å². The van der Waals surface area contributed by atoms with Gasteiger partial charge in [0.1, 0.15) is 6.10 Å². The number of aliphatic hydroxyl groups is 1. The van der Waals surface area contributed by atoms with E-state index in [1.165, 1.54) is 0 Å². The number of benzene rings is 1. The topological polar surface area (TPSA) is 50.9 Å². The second-order valence-electron chi connectivity index (χ2n) is 4.45. The summed E-state index contributed by atoms with van der Waals surface area (Å²) in [6.45, 7) is 2.81. The number of rotatable bonds is 3. The molecule has 4 nitrogen and oxygen atoms in total. The zero-order valence-corrected chi connectivity index (χ0v) is 10.7. The van der Waals surface area contributed by atoms with Crippen LogP contribution in [0, 0.1) is 0 Å². The molecule has 2 aromatic heterocycles. The molecule has 1 aromatic carbocycles. The summed E-state index contributed by atoms with van der Waals surface area (Å²) in [5.74, 6) is 0. The summed E-state index contributed by atoms with van der Waals surface area (Å²) in [6, 6.07) is 9.73. The van der Waals surface area contributed by atoms with Gasteiger partial charge in [0.05, 0.1) is 11.7 Å². The largest absolute Gasteiger partial charge is 0.383 e. The Kier molecular flexibility index (Phi) is 3.01. The minimum Gasteiger partial charge on any atom is -0.383 e. The maximum absolute atomic E-state index is 10.5. The zero-order chi connectivity index (χ0) is 13.2. The summed E-state index contributed by atoms with van der Waals surface area (Å²) in [5, 5.41) is 15.7. The van der Waals surface area contributed by atoms with E-state index in [0.29, 0.717) is 0 Å². The molecule has 2 heterocycles. The van der Waals surface area contributed by atoms with Gasteiger partial charge in [-0.15, -0.1) is 0 Å². The molecular formula is C15H15N3O. The molecule has 0 aliphatic rings. The van der Waals surface area contributed by atoms with E-state index in [9.17, 15) is 5.11 Å². The molecule has 0 saturated carbocycles. The molecule has 0 saturated heterocycles. The fourth-order valence-electron chi connectivity index (χ4n) is 2.22. The third-order valence-electron chi connectivity index (χ3n) is 3.25. The SMILES string of the molecule is CCn1cc(C(O)c2cccc3cccnc23)cn1. The van der Waals surface area contributed by atoms with Gasteiger partial charge in [0.15, 0.2) is 0 Å². The average Bonchev–Trinajstić information content (AvgIpc) is 2.95. The van der Waals surface area contributed by atoms with E-state index >= 15 is 0 Å². The summed E-state index contributed by atoms with van der Waals surface area (Å²) in [7, 11) is 0. The van der Waals surface area contributed by atoms with Gasteiger partial charge in [-0.3, -0.25) is 9.67 Å². The van der Waals surface area contributed by atoms with Crippen LogP contribution >= 0.6 is 0 Å². The molecule has 0 spiro atoms. The van der Waals surface area contributed by atoms with Crippen LogP contribution in [0.25, 0.3) is 10.9 Å². The van der Waals surface area contributed by atoms with Gasteiger partial charge >= 0.3 is 0 Å². The van der Waals surface area contributed by atoms with Gasteiger partial charge in [0.25, 0.3) is 0 Å². The molecule has 1 N–H and O–H groups in total. The molecule has 0 amide bonds. The van der Waals surface area contributed by atoms with Gasteiger partial charge in [0.2, 0.25) is 0 Å². The Morgan fingerprint density at radius 1 is 1.26 bits per heavy atom. The van der Waals surface area contributed by atoms with Crippen LogP contribution in [0.15, 0.2) is 48.9 Å². The number of pyridine rings is 1. The second kappa shape index (κ2) is 4.82. The Morgan fingerprint density at radius 2 is 2.11 bits per heavy atom. The van der Waals surface area contributed by atoms with Crippen molar-refractivity contribution < 1.29 is 5.11 Å². The average molecular weight is 253 g/mol. The first-order valence-corrected chi connectivity index (χ1v) is 6.33. The lowest BCUT2D eigenvalue weighted by molar-refractivity contribution is 0.221. The first-order chi connectivity index (χ1) is 9.29. The summed E-state index contributed by atoms with van der Waals surface area (Å²) in [5.41, 5.74) is 2.44. The van der Waals surface area contributed by atoms with E-state index < -0.39 is 6.10 Å². The molecule has 3 aromatic rings. The first kappa shape index (κ1) is 11.9. The minimum atomic E-state index is -0.695. The van der Waals surface area contributed by atoms with Crippen LogP contribution in [0.1, 0.15) is 24.2 Å². The molecule has 0 fully saturated rings. The highest BCUT2D eigenvalue weighted by atomic mass is 16.3. The van der Waals surface area contributed by atoms with Crippen molar-refractivity contribution in [2.24, 2.45) is 0 Å². The van der Waals surface area contributed by atoms with Crippen molar-refractivity contribution in [1.29, 1.82) is 0 Å². The quantitative estimate of drug-likeness (QED) is 0.780. The lowest BCUT2D eigenvalue weighted by atomic mass is 10.0. The predicted molar refractivity (Wildman–Crippen MR) is 73.7 cm³/mol. The van der Waals surface area contributed by atoms with Crippen molar-refractivity contribution in [2.45, 2.75) is 19.6 Å². The summed E-state index contributed by atoms with van der Waals surface area (Å²) < 4.78 is 1.80. The van der Waals surface area contributed by atoms with Crippen LogP contribution in [0.5, 0.6) is 0 Å². The van der Waals surface area contributed by atoms with E-state index in [1.54, 1.807) is 17.1 Å². The highest BCUT2D eigenvalue weighted by Gasteiger charge is 2.15. The minimum absolute atomic E-state index is 0.695. The molecule has 0 aliphatic carbocycles. The molecular weight excluding hydrogens is 238 g/mol. The fraction of sp³-hybridized carbons (Fsp3) is 0.200. The number of hydrogen-bond donors (Lipinski definition) is 1. The number of aryl methyl sites for hydroxylation is 1. The van der Waals surface area contributed by atoms with E-state index in [2.05, 4.69) is 10.1 Å². The predicted octanol–water partition coefficient (Wildman–Crippen LogP) is 2.53. The molecule has 0 radical (unpaired) electrons. The van der Waals surface area contributed by atoms with Crippen molar-refractivity contribution in [3.63, 3.8) is 0 Å². The van der Waals surface area contributed by atoms with Crippen LogP contribution < -0.4 is 0 Å². The third kappa shape index (κ3) is 2.11. The maximum atomic E-state index is 10.5. The number of aliphatic hydroxyl groups excluding tert-OH is 1. The Hall–Kier alpha value is -2.20. The van der Waals surface area contributed by atoms with Crippen molar-refractivity contribution in [3.05, 3.63) is 60.0 Å². The Bertz CT molecular complexity index is 700. The summed E-state index contributed by atoms with van der Waals surface area (Å²) >= 11 is 0. The van der Waals surface area contributed by atoms with Gasteiger partial charge in [-0.1, -0.05) is 24.3 Å². The van der Waals surface area contributed by atoms with Gasteiger partial charge < -0.3 is 5.11 Å². The number of nitrogens with zero attached hydrogens (tertiary/aromatic N) is 3. The monoisotopic (exact) mass is 253 g/mol. The molecule has 1 atom stereocenters. The summed E-state index contributed by atoms with van der Waals surface area (Å²) in [6.07, 6.45) is 4.62. The highest BCUT2D eigenvalue weighted by Crippen LogP contribution is 2.27. The second-order valence-corrected chi connectivity index (χ2v) is 4.45. The zero-order valence-electron chi connectivity index (χ0n) is 10.7. The van der Waals surface area contributed by atoms with E-state index in [1.807, 2.05) is 43.5 Å². The lowest BCUT2D eigenvalue weighted by Crippen LogP contribution is -2.00. The highest BCUT2D eigenvalue weighted by molar-refractivity contribution is 5.82. The molecule has 3 rings (SSSR count). The van der Waals surface area contributed by atoms with Crippen molar-refractivity contribution in [3.8, 4) is 0 Å². The standard InChI is InChI=1S/C15H15N3O/c1-2-18-10-12(9-17-18)15(19)13-7-3-5-11-6-4-8-16-14(11)13/h3-10,15,19H,2H2,1H3. The van der Waals surface area contributed by atoms with Crippen molar-refractivity contribution >= 4 is 10.9 Å². The molecule has 0 aliphatic heterocycles. The lowest BCUT2D eigenvalue weighted by Gasteiger charge is -2.11. The van der Waals surface area contributed by atoms with E-state index in [-0.39, 0.29) is 0 Å². The smallest absolute Gasteiger partial charge is 0.109 e. The first-order valence-electron chi connectivity index (χ1n) is 6.33. The van der Waals surface area contributed by atoms with Crippen LogP contribution in [-0.4, -0.2) is 19.9 Å². The summed E-state index contributed by atoms with van der Waals surface area (Å²) in [4.78, 5) is 4.37. The fourth-order valence-corrected chi connectivity index (χ4v) is 2.22. The maximum Gasteiger partial charge on any atom is 0.109 e. The van der Waals surface area contributed by atoms with Crippen LogP contribution in [-0.2, 0) is 6.54 Å². The number of aromatic nitrogens is 3. The third-order valence-corrected chi connectivity index (χ3v) is 3.25. The van der Waals surface area contributed by atoms with Crippen LogP contribution in [0.3, 0.4) is 0 Å². The molecule has 96 valence electrons. The number of fused-ring (bicyclic) bond motifs is 1. The van der Waals surface area contributed by atoms with Gasteiger partial charge in [-0.05, 0) is 13.0 Å². The molecule has 19 heavy (non-hydrogen) atoms. The molecule has 0 bridgehead atoms. The van der Waals surface area contributed by atoms with Gasteiger partial charge in [-0.25, -0.2) is 0 Å². The Balaban J connectivity index is 2.08. The Morgan fingerprint density at radius 3 is 2.89 bits per heavy atom. The number of hydrogen-bond acceptors (Lipinski definition) is 3. The van der Waals surface area contributed by atoms with E-state index in [4.69, 9.17) is 0 Å². The van der Waals surface area contributed by atoms with Crippen LogP contribution in [0.2, 0.25) is 0 Å². The molecule has 1 unspecified atom stereocenters.